The number of carbonyl (C=O) groups is 3. The van der Waals surface area contributed by atoms with Crippen molar-refractivity contribution in [3.63, 3.8) is 0 Å². The van der Waals surface area contributed by atoms with Crippen LogP contribution in [-0.4, -0.2) is 60.7 Å². The SMILES string of the molecule is C=CCOC(=O)C(C#N)=C1Sc2c(OCC(CC)CCCC)c3c(c(OCC(CC)CCCC)c2S1)SC(=C1C(=O)N(CCCC)N(CCCC)C1=O)S3. The summed E-state index contributed by atoms with van der Waals surface area (Å²) < 4.78 is 20.1. The summed E-state index contributed by atoms with van der Waals surface area (Å²) >= 11 is 5.44. The smallest absolute Gasteiger partial charge is 0.350 e. The quantitative estimate of drug-likeness (QED) is 0.0346. The number of ether oxygens (including phenoxy) is 3. The van der Waals surface area contributed by atoms with Crippen LogP contribution in [0.5, 0.6) is 11.5 Å². The molecule has 1 aromatic rings. The molecule has 2 atom stereocenters. The van der Waals surface area contributed by atoms with Gasteiger partial charge < -0.3 is 14.2 Å². The molecule has 0 spiro atoms. The van der Waals surface area contributed by atoms with Crippen molar-refractivity contribution in [2.24, 2.45) is 11.8 Å². The van der Waals surface area contributed by atoms with Crippen molar-refractivity contribution in [1.29, 1.82) is 5.26 Å². The minimum absolute atomic E-state index is 0.00314. The Bertz CT molecular complexity index is 1550. The van der Waals surface area contributed by atoms with E-state index in [1.54, 1.807) is 10.0 Å². The lowest BCUT2D eigenvalue weighted by molar-refractivity contribution is -0.147. The fourth-order valence-corrected chi connectivity index (χ4v) is 11.7. The topological polar surface area (TPSA) is 109 Å². The Morgan fingerprint density at radius 1 is 0.741 bits per heavy atom. The predicted octanol–water partition coefficient (Wildman–Crippen LogP) is 11.1. The average Bonchev–Trinajstić information content (AvgIpc) is 3.86. The van der Waals surface area contributed by atoms with Gasteiger partial charge in [-0.25, -0.2) is 14.8 Å². The number of nitrogens with zero attached hydrogens (tertiary/aromatic N) is 3. The van der Waals surface area contributed by atoms with Crippen LogP contribution in [0, 0.1) is 23.2 Å². The van der Waals surface area contributed by atoms with E-state index in [1.165, 1.54) is 53.1 Å². The van der Waals surface area contributed by atoms with E-state index >= 15 is 0 Å². The van der Waals surface area contributed by atoms with Gasteiger partial charge in [0.05, 0.1) is 41.3 Å². The fraction of sp³-hybridized carbons (Fsp3) is 0.610. The molecule has 2 amide bonds. The number of hydrazine groups is 1. The summed E-state index contributed by atoms with van der Waals surface area (Å²) in [6, 6.07) is 2.09. The Morgan fingerprint density at radius 2 is 1.19 bits per heavy atom. The summed E-state index contributed by atoms with van der Waals surface area (Å²) in [6.07, 6.45) is 13.3. The van der Waals surface area contributed by atoms with E-state index in [-0.39, 0.29) is 29.6 Å². The molecule has 2 unspecified atom stereocenters. The Morgan fingerprint density at radius 3 is 1.57 bits per heavy atom. The van der Waals surface area contributed by atoms with Gasteiger partial charge in [-0.15, -0.1) is 0 Å². The minimum Gasteiger partial charge on any atom is -0.491 e. The van der Waals surface area contributed by atoms with Crippen LogP contribution in [0.15, 0.2) is 51.9 Å². The van der Waals surface area contributed by atoms with Gasteiger partial charge in [-0.3, -0.25) is 9.59 Å². The third kappa shape index (κ3) is 10.4. The van der Waals surface area contributed by atoms with Crippen molar-refractivity contribution in [2.75, 3.05) is 32.9 Å². The number of thioether (sulfide) groups is 4. The number of esters is 1. The molecule has 0 bridgehead atoms. The number of rotatable bonds is 23. The number of carbonyl (C=O) groups excluding carboxylic acids is 3. The summed E-state index contributed by atoms with van der Waals surface area (Å²) in [5.74, 6) is 0.731. The van der Waals surface area contributed by atoms with E-state index in [0.29, 0.717) is 58.1 Å². The Labute approximate surface area is 339 Å². The second-order valence-electron chi connectivity index (χ2n) is 13.7. The van der Waals surface area contributed by atoms with Crippen LogP contribution >= 0.6 is 47.0 Å². The van der Waals surface area contributed by atoms with E-state index in [9.17, 15) is 19.6 Å². The summed E-state index contributed by atoms with van der Waals surface area (Å²) in [7, 11) is 0. The first-order chi connectivity index (χ1) is 26.2. The van der Waals surface area contributed by atoms with E-state index in [1.807, 2.05) is 0 Å². The van der Waals surface area contributed by atoms with Crippen LogP contribution in [0.1, 0.15) is 119 Å². The molecule has 0 aliphatic carbocycles. The lowest BCUT2D eigenvalue weighted by Crippen LogP contribution is -2.42. The van der Waals surface area contributed by atoms with E-state index < -0.39 is 5.97 Å². The zero-order valence-corrected chi connectivity index (χ0v) is 36.2. The van der Waals surface area contributed by atoms with Crippen LogP contribution in [-0.2, 0) is 19.1 Å². The van der Waals surface area contributed by atoms with E-state index in [0.717, 1.165) is 96.6 Å². The monoisotopic (exact) mass is 815 g/mol. The van der Waals surface area contributed by atoms with Gasteiger partial charge in [0.1, 0.15) is 29.7 Å². The lowest BCUT2D eigenvalue weighted by atomic mass is 10.0. The van der Waals surface area contributed by atoms with Crippen LogP contribution in [0.2, 0.25) is 0 Å². The maximum absolute atomic E-state index is 14.1. The first kappa shape index (κ1) is 44.1. The summed E-state index contributed by atoms with van der Waals surface area (Å²) in [6.45, 7) is 18.5. The average molecular weight is 816 g/mol. The van der Waals surface area contributed by atoms with Crippen molar-refractivity contribution in [3.05, 3.63) is 32.3 Å². The number of amides is 2. The van der Waals surface area contributed by atoms with Crippen molar-refractivity contribution in [3.8, 4) is 17.6 Å². The van der Waals surface area contributed by atoms with Gasteiger partial charge in [-0.1, -0.05) is 153 Å². The van der Waals surface area contributed by atoms with Gasteiger partial charge in [-0.05, 0) is 37.5 Å². The van der Waals surface area contributed by atoms with Crippen molar-refractivity contribution < 1.29 is 28.6 Å². The zero-order chi connectivity index (χ0) is 39.2. The molecule has 13 heteroatoms. The molecule has 54 heavy (non-hydrogen) atoms. The standard InChI is InChI=1S/C41H57N3O6S4/c1-8-15-19-27(13-6)25-49-31-33-34(52-40(51-33)29(24-42)39(47)48-23-12-5)32(50-26-28(14-7)20-16-9-2)36-35(31)53-41(54-36)30-37(45)43(21-17-10-3)44(38(30)46)22-18-11-4/h12,27-28H,5,8-11,13-23,25-26H2,1-4,6-7H3. The molecular weight excluding hydrogens is 759 g/mol. The molecule has 1 saturated heterocycles. The molecule has 4 rings (SSSR count). The summed E-state index contributed by atoms with van der Waals surface area (Å²) in [5.41, 5.74) is 0.125. The Kier molecular flexibility index (Phi) is 18.1. The van der Waals surface area contributed by atoms with Gasteiger partial charge in [-0.2, -0.15) is 5.26 Å². The van der Waals surface area contributed by atoms with Crippen LogP contribution in [0.25, 0.3) is 0 Å². The Balaban J connectivity index is 1.89. The highest BCUT2D eigenvalue weighted by Gasteiger charge is 2.46. The normalized spacial score (nSPS) is 16.1. The van der Waals surface area contributed by atoms with Crippen LogP contribution in [0.4, 0.5) is 0 Å². The van der Waals surface area contributed by atoms with Gasteiger partial charge >= 0.3 is 5.97 Å². The first-order valence-electron chi connectivity index (χ1n) is 19.7. The highest BCUT2D eigenvalue weighted by atomic mass is 32.2. The van der Waals surface area contributed by atoms with Crippen molar-refractivity contribution in [1.82, 2.24) is 10.0 Å². The maximum atomic E-state index is 14.1. The number of benzene rings is 1. The molecule has 1 aromatic carbocycles. The minimum atomic E-state index is -0.705. The molecular formula is C41H57N3O6S4. The molecule has 0 aromatic heterocycles. The Hall–Kier alpha value is -2.66. The fourth-order valence-electron chi connectivity index (χ4n) is 6.25. The highest BCUT2D eigenvalue weighted by molar-refractivity contribution is 8.26. The largest absolute Gasteiger partial charge is 0.491 e. The highest BCUT2D eigenvalue weighted by Crippen LogP contribution is 2.68. The van der Waals surface area contributed by atoms with Crippen LogP contribution < -0.4 is 9.47 Å². The van der Waals surface area contributed by atoms with E-state index in [2.05, 4.69) is 54.2 Å². The molecule has 9 nitrogen and oxygen atoms in total. The second-order valence-corrected chi connectivity index (χ2v) is 18.3. The molecule has 3 aliphatic rings. The number of unbranched alkanes of at least 4 members (excludes halogenated alkanes) is 4. The van der Waals surface area contributed by atoms with Gasteiger partial charge in [0.2, 0.25) is 0 Å². The summed E-state index contributed by atoms with van der Waals surface area (Å²) in [4.78, 5) is 44.5. The number of fused-ring (bicyclic) bond motifs is 2. The molecule has 0 saturated carbocycles. The predicted molar refractivity (Wildman–Crippen MR) is 222 cm³/mol. The molecule has 296 valence electrons. The van der Waals surface area contributed by atoms with Gasteiger partial charge in [0, 0.05) is 13.1 Å². The number of hydrogen-bond donors (Lipinski definition) is 0. The number of hydrogen-bond acceptors (Lipinski definition) is 11. The molecule has 3 heterocycles. The van der Waals surface area contributed by atoms with E-state index in [4.69, 9.17) is 14.2 Å². The lowest BCUT2D eigenvalue weighted by Gasteiger charge is -2.27. The van der Waals surface area contributed by atoms with Gasteiger partial charge in [0.15, 0.2) is 5.57 Å². The van der Waals surface area contributed by atoms with Crippen LogP contribution in [0.3, 0.4) is 0 Å². The summed E-state index contributed by atoms with van der Waals surface area (Å²) in [5, 5.41) is 13.4. The molecule has 0 N–H and O–H groups in total. The first-order valence-corrected chi connectivity index (χ1v) is 23.0. The van der Waals surface area contributed by atoms with Gasteiger partial charge in [0.25, 0.3) is 11.8 Å². The third-order valence-electron chi connectivity index (χ3n) is 9.72. The second kappa shape index (κ2) is 22.2. The van der Waals surface area contributed by atoms with Crippen molar-refractivity contribution >= 4 is 64.8 Å². The zero-order valence-electron chi connectivity index (χ0n) is 32.9. The third-order valence-corrected chi connectivity index (χ3v) is 14.9. The molecule has 0 radical (unpaired) electrons. The van der Waals surface area contributed by atoms with Crippen molar-refractivity contribution in [2.45, 2.75) is 138 Å². The number of nitriles is 1. The molecule has 3 aliphatic heterocycles. The maximum Gasteiger partial charge on any atom is 0.350 e. The molecule has 1 fully saturated rings.